The number of rotatable bonds is 14. The van der Waals surface area contributed by atoms with Gasteiger partial charge in [0.2, 0.25) is 24.4 Å². The van der Waals surface area contributed by atoms with Crippen LogP contribution in [0.5, 0.6) is 0 Å². The summed E-state index contributed by atoms with van der Waals surface area (Å²) in [6.07, 6.45) is -1.27. The van der Waals surface area contributed by atoms with E-state index in [0.717, 1.165) is 15.7 Å². The van der Waals surface area contributed by atoms with E-state index < -0.39 is 72.2 Å². The Labute approximate surface area is 281 Å². The van der Waals surface area contributed by atoms with Gasteiger partial charge in [0.05, 0.1) is 6.54 Å². The molecule has 2 unspecified atom stereocenters. The molecule has 48 heavy (non-hydrogen) atoms. The van der Waals surface area contributed by atoms with Crippen molar-refractivity contribution in [2.75, 3.05) is 19.8 Å². The van der Waals surface area contributed by atoms with Gasteiger partial charge in [0.25, 0.3) is 0 Å². The highest BCUT2D eigenvalue weighted by Crippen LogP contribution is 2.10. The zero-order valence-corrected chi connectivity index (χ0v) is 28.4. The van der Waals surface area contributed by atoms with E-state index in [2.05, 4.69) is 33.3 Å². The molecule has 5 N–H and O–H groups in total. The molecule has 2 aromatic rings. The summed E-state index contributed by atoms with van der Waals surface area (Å²) in [5.41, 5.74) is -0.000982. The summed E-state index contributed by atoms with van der Waals surface area (Å²) in [5, 5.41) is 12.5. The second-order valence-corrected chi connectivity index (χ2v) is 12.9. The Morgan fingerprint density at radius 2 is 1.04 bits per heavy atom. The van der Waals surface area contributed by atoms with Crippen LogP contribution in [-0.4, -0.2) is 90.2 Å². The number of ether oxygens (including phenoxy) is 2. The molecule has 0 saturated carbocycles. The van der Waals surface area contributed by atoms with Gasteiger partial charge in [0.1, 0.15) is 36.5 Å². The first-order valence-corrected chi connectivity index (χ1v) is 15.4. The SMILES string of the molecule is C=[N+](CNC(=O)CNC(=O)C(Cc1ccccc1)NC(=O)OC(C)(C)C)C(=O)CNC(=O)C(Cc1ccccc1)NC(=O)OC(C)(C)C. The van der Waals surface area contributed by atoms with Gasteiger partial charge in [0.15, 0.2) is 0 Å². The van der Waals surface area contributed by atoms with Gasteiger partial charge in [0, 0.05) is 12.8 Å². The maximum atomic E-state index is 13.0. The zero-order chi connectivity index (χ0) is 35.9. The first-order chi connectivity index (χ1) is 22.4. The summed E-state index contributed by atoms with van der Waals surface area (Å²) in [6.45, 7) is 12.5. The van der Waals surface area contributed by atoms with Gasteiger partial charge in [-0.25, -0.2) is 14.4 Å². The van der Waals surface area contributed by atoms with Crippen LogP contribution >= 0.6 is 0 Å². The van der Waals surface area contributed by atoms with E-state index in [4.69, 9.17) is 9.47 Å². The van der Waals surface area contributed by atoms with Crippen molar-refractivity contribution in [2.45, 2.75) is 77.7 Å². The Hall–Kier alpha value is -5.27. The van der Waals surface area contributed by atoms with E-state index in [-0.39, 0.29) is 19.5 Å². The highest BCUT2D eigenvalue weighted by Gasteiger charge is 2.27. The van der Waals surface area contributed by atoms with Gasteiger partial charge in [-0.2, -0.15) is 4.58 Å². The van der Waals surface area contributed by atoms with Gasteiger partial charge in [-0.15, -0.1) is 0 Å². The van der Waals surface area contributed by atoms with Crippen LogP contribution in [0.4, 0.5) is 9.59 Å². The predicted octanol–water partition coefficient (Wildman–Crippen LogP) is 1.80. The fraction of sp³-hybridized carbons (Fsp3) is 0.441. The second kappa shape index (κ2) is 18.2. The monoisotopic (exact) mass is 667 g/mol. The summed E-state index contributed by atoms with van der Waals surface area (Å²) in [5.74, 6) is -2.50. The number of carbonyl (C=O) groups is 6. The third-order valence-corrected chi connectivity index (χ3v) is 6.24. The van der Waals surface area contributed by atoms with Crippen molar-refractivity contribution in [3.05, 3.63) is 71.8 Å². The summed E-state index contributed by atoms with van der Waals surface area (Å²) in [7, 11) is 0. The van der Waals surface area contributed by atoms with E-state index in [1.54, 1.807) is 90.1 Å². The van der Waals surface area contributed by atoms with E-state index in [1.165, 1.54) is 0 Å². The van der Waals surface area contributed by atoms with Gasteiger partial charge >= 0.3 is 18.1 Å². The van der Waals surface area contributed by atoms with Crippen molar-refractivity contribution in [3.8, 4) is 0 Å². The normalized spacial score (nSPS) is 12.4. The lowest BCUT2D eigenvalue weighted by Crippen LogP contribution is -2.52. The van der Waals surface area contributed by atoms with Gasteiger partial charge < -0.3 is 30.7 Å². The molecule has 2 aromatic carbocycles. The molecule has 6 amide bonds. The molecule has 0 aromatic heterocycles. The first-order valence-electron chi connectivity index (χ1n) is 15.4. The third kappa shape index (κ3) is 15.8. The smallest absolute Gasteiger partial charge is 0.408 e. The van der Waals surface area contributed by atoms with Crippen LogP contribution in [-0.2, 0) is 41.5 Å². The number of hydrogen-bond donors (Lipinski definition) is 5. The van der Waals surface area contributed by atoms with E-state index in [0.29, 0.717) is 0 Å². The molecule has 2 atom stereocenters. The topological polar surface area (TPSA) is 184 Å². The van der Waals surface area contributed by atoms with Crippen LogP contribution in [0, 0.1) is 0 Å². The van der Waals surface area contributed by atoms with Crippen molar-refractivity contribution < 1.29 is 42.8 Å². The van der Waals surface area contributed by atoms with E-state index in [1.807, 2.05) is 12.1 Å². The summed E-state index contributed by atoms with van der Waals surface area (Å²) in [4.78, 5) is 75.8. The van der Waals surface area contributed by atoms with Crippen LogP contribution < -0.4 is 26.6 Å². The molecule has 2 rings (SSSR count). The highest BCUT2D eigenvalue weighted by molar-refractivity contribution is 5.90. The average molecular weight is 668 g/mol. The van der Waals surface area contributed by atoms with Crippen molar-refractivity contribution in [1.82, 2.24) is 26.6 Å². The number of hydrogen-bond acceptors (Lipinski definition) is 8. The number of nitrogens with one attached hydrogen (secondary N) is 5. The summed E-state index contributed by atoms with van der Waals surface area (Å²) in [6, 6.07) is 16.0. The standard InChI is InChI=1S/C34H46N6O8/c1-33(2,3)47-31(45)38-25(18-23-14-10-8-11-15-23)29(43)35-20-27(41)37-22-40(7)28(42)21-36-30(44)26(19-24-16-12-9-13-17-24)39-32(46)48-34(4,5)6/h8-17,25-26H,7,18-22H2,1-6H3,(H4-,35,36,37,38,39,41,43,44,45,46)/p+1. The predicted molar refractivity (Wildman–Crippen MR) is 178 cm³/mol. The second-order valence-electron chi connectivity index (χ2n) is 12.9. The van der Waals surface area contributed by atoms with Crippen molar-refractivity contribution >= 4 is 42.5 Å². The maximum absolute atomic E-state index is 13.0. The highest BCUT2D eigenvalue weighted by atomic mass is 16.6. The number of carbonyl (C=O) groups excluding carboxylic acids is 6. The number of benzene rings is 2. The molecule has 14 heteroatoms. The number of alkyl carbamates (subject to hydrolysis) is 2. The Morgan fingerprint density at radius 1 is 0.646 bits per heavy atom. The Balaban J connectivity index is 1.88. The molecule has 0 radical (unpaired) electrons. The zero-order valence-electron chi connectivity index (χ0n) is 28.4. The lowest BCUT2D eigenvalue weighted by molar-refractivity contribution is -0.443. The summed E-state index contributed by atoms with van der Waals surface area (Å²) < 4.78 is 11.5. The Kier molecular flexibility index (Phi) is 14.7. The van der Waals surface area contributed by atoms with Gasteiger partial charge in [-0.1, -0.05) is 60.7 Å². The lowest BCUT2D eigenvalue weighted by Gasteiger charge is -2.23. The summed E-state index contributed by atoms with van der Waals surface area (Å²) >= 11 is 0. The quantitative estimate of drug-likeness (QED) is 0.115. The molecule has 0 heterocycles. The lowest BCUT2D eigenvalue weighted by atomic mass is 10.1. The van der Waals surface area contributed by atoms with Crippen LogP contribution in [0.2, 0.25) is 0 Å². The molecule has 0 fully saturated rings. The minimum absolute atomic E-state index is 0.148. The Morgan fingerprint density at radius 3 is 1.44 bits per heavy atom. The number of nitrogens with zero attached hydrogens (tertiary/aromatic N) is 1. The van der Waals surface area contributed by atoms with Crippen molar-refractivity contribution in [2.24, 2.45) is 0 Å². The maximum Gasteiger partial charge on any atom is 0.408 e. The van der Waals surface area contributed by atoms with Crippen molar-refractivity contribution in [3.63, 3.8) is 0 Å². The largest absolute Gasteiger partial charge is 0.444 e. The molecular weight excluding hydrogens is 620 g/mol. The average Bonchev–Trinajstić information content (AvgIpc) is 2.99. The fourth-order valence-electron chi connectivity index (χ4n) is 4.04. The minimum Gasteiger partial charge on any atom is -0.444 e. The third-order valence-electron chi connectivity index (χ3n) is 6.24. The Bertz CT molecular complexity index is 1440. The van der Waals surface area contributed by atoms with E-state index in [9.17, 15) is 28.8 Å². The molecule has 0 aliphatic heterocycles. The molecule has 0 aliphatic rings. The van der Waals surface area contributed by atoms with Gasteiger partial charge in [-0.3, -0.25) is 19.7 Å². The van der Waals surface area contributed by atoms with Crippen LogP contribution in [0.15, 0.2) is 60.7 Å². The van der Waals surface area contributed by atoms with E-state index >= 15 is 0 Å². The molecule has 14 nitrogen and oxygen atoms in total. The fourth-order valence-corrected chi connectivity index (χ4v) is 4.04. The van der Waals surface area contributed by atoms with Crippen molar-refractivity contribution in [1.29, 1.82) is 0 Å². The van der Waals surface area contributed by atoms with Gasteiger partial charge in [-0.05, 0) is 52.7 Å². The molecule has 0 aliphatic carbocycles. The molecule has 0 bridgehead atoms. The number of amides is 6. The molecule has 0 saturated heterocycles. The van der Waals surface area contributed by atoms with Crippen LogP contribution in [0.1, 0.15) is 52.7 Å². The van der Waals surface area contributed by atoms with Crippen LogP contribution in [0.3, 0.4) is 0 Å². The molecule has 260 valence electrons. The first kappa shape index (κ1) is 38.9. The molecular formula is C34H47N6O8+. The van der Waals surface area contributed by atoms with Crippen LogP contribution in [0.25, 0.3) is 0 Å². The minimum atomic E-state index is -1.04. The molecule has 0 spiro atoms.